The Morgan fingerprint density at radius 1 is 1.22 bits per heavy atom. The second-order valence-corrected chi connectivity index (χ2v) is 7.85. The van der Waals surface area contributed by atoms with Crippen molar-refractivity contribution in [3.63, 3.8) is 0 Å². The van der Waals surface area contributed by atoms with E-state index >= 15 is 0 Å². The first kappa shape index (κ1) is 18.3. The first-order chi connectivity index (χ1) is 13.1. The number of para-hydroxylation sites is 2. The van der Waals surface area contributed by atoms with E-state index in [2.05, 4.69) is 22.9 Å². The van der Waals surface area contributed by atoms with E-state index in [1.807, 2.05) is 36.4 Å². The van der Waals surface area contributed by atoms with Gasteiger partial charge >= 0.3 is 0 Å². The summed E-state index contributed by atoms with van der Waals surface area (Å²) >= 11 is 12.3. The van der Waals surface area contributed by atoms with E-state index in [-0.39, 0.29) is 17.9 Å². The Kier molecular flexibility index (Phi) is 5.11. The Hall–Kier alpha value is -2.04. The largest absolute Gasteiger partial charge is 0.346 e. The van der Waals surface area contributed by atoms with Crippen molar-refractivity contribution in [2.24, 2.45) is 5.92 Å². The predicted molar refractivity (Wildman–Crippen MR) is 109 cm³/mol. The number of fused-ring (bicyclic) bond motifs is 1. The normalized spacial score (nSPS) is 15.1. The summed E-state index contributed by atoms with van der Waals surface area (Å²) in [6.07, 6.45) is 2.76. The summed E-state index contributed by atoms with van der Waals surface area (Å²) in [5, 5.41) is 4.26. The molecule has 3 aromatic rings. The number of carbonyl (C=O) groups excluding carboxylic acids is 1. The molecule has 0 aliphatic heterocycles. The van der Waals surface area contributed by atoms with Gasteiger partial charge in [-0.1, -0.05) is 48.3 Å². The van der Waals surface area contributed by atoms with E-state index < -0.39 is 0 Å². The molecule has 6 heteroatoms. The summed E-state index contributed by atoms with van der Waals surface area (Å²) in [6, 6.07) is 13.6. The summed E-state index contributed by atoms with van der Waals surface area (Å²) in [6.45, 7) is 2.68. The summed E-state index contributed by atoms with van der Waals surface area (Å²) < 4.78 is 2.16. The molecule has 1 aliphatic carbocycles. The number of rotatable bonds is 6. The average Bonchev–Trinajstić information content (AvgIpc) is 3.46. The number of hydrogen-bond donors (Lipinski definition) is 1. The van der Waals surface area contributed by atoms with Gasteiger partial charge in [0.25, 0.3) is 0 Å². The number of amides is 1. The van der Waals surface area contributed by atoms with Crippen molar-refractivity contribution in [3.05, 3.63) is 63.9 Å². The molecule has 4 rings (SSSR count). The van der Waals surface area contributed by atoms with Gasteiger partial charge in [0.05, 0.1) is 27.1 Å². The fourth-order valence-corrected chi connectivity index (χ4v) is 3.65. The number of aromatic nitrogens is 2. The molecule has 1 fully saturated rings. The lowest BCUT2D eigenvalue weighted by molar-refractivity contribution is -0.123. The Balaban J connectivity index is 1.73. The molecule has 1 unspecified atom stereocenters. The van der Waals surface area contributed by atoms with Crippen LogP contribution < -0.4 is 5.32 Å². The van der Waals surface area contributed by atoms with Crippen LogP contribution in [0.5, 0.6) is 0 Å². The van der Waals surface area contributed by atoms with E-state index in [0.29, 0.717) is 16.6 Å². The fraction of sp³-hybridized carbons (Fsp3) is 0.333. The van der Waals surface area contributed by atoms with Gasteiger partial charge in [-0.25, -0.2) is 4.98 Å². The van der Waals surface area contributed by atoms with Crippen LogP contribution in [0, 0.1) is 5.92 Å². The Morgan fingerprint density at radius 2 is 2.00 bits per heavy atom. The molecule has 0 bridgehead atoms. The lowest BCUT2D eigenvalue weighted by atomic mass is 10.1. The summed E-state index contributed by atoms with van der Waals surface area (Å²) in [5.41, 5.74) is 3.00. The van der Waals surface area contributed by atoms with Crippen molar-refractivity contribution in [2.45, 2.75) is 38.8 Å². The van der Waals surface area contributed by atoms with E-state index in [9.17, 15) is 4.79 Å². The highest BCUT2D eigenvalue weighted by Crippen LogP contribution is 2.31. The molecule has 1 amide bonds. The second kappa shape index (κ2) is 7.53. The molecule has 140 valence electrons. The monoisotopic (exact) mass is 401 g/mol. The molecule has 1 heterocycles. The minimum Gasteiger partial charge on any atom is -0.346 e. The van der Waals surface area contributed by atoms with Gasteiger partial charge in [0.1, 0.15) is 5.82 Å². The molecular formula is C21H21Cl2N3O. The van der Waals surface area contributed by atoms with Gasteiger partial charge in [-0.3, -0.25) is 4.79 Å². The highest BCUT2D eigenvalue weighted by Gasteiger charge is 2.32. The fourth-order valence-electron chi connectivity index (χ4n) is 3.33. The molecular weight excluding hydrogens is 381 g/mol. The number of benzene rings is 2. The third-order valence-corrected chi connectivity index (χ3v) is 5.73. The molecule has 1 aliphatic rings. The van der Waals surface area contributed by atoms with E-state index in [4.69, 9.17) is 28.2 Å². The van der Waals surface area contributed by atoms with Gasteiger partial charge in [-0.05, 0) is 49.1 Å². The van der Waals surface area contributed by atoms with Crippen LogP contribution in [0.1, 0.15) is 43.6 Å². The van der Waals surface area contributed by atoms with Crippen LogP contribution in [0.3, 0.4) is 0 Å². The van der Waals surface area contributed by atoms with Crippen LogP contribution in [0.25, 0.3) is 11.0 Å². The number of nitrogens with one attached hydrogen (secondary N) is 1. The third kappa shape index (κ3) is 3.83. The van der Waals surface area contributed by atoms with Crippen molar-refractivity contribution < 1.29 is 4.79 Å². The maximum atomic E-state index is 12.3. The van der Waals surface area contributed by atoms with E-state index in [1.165, 1.54) is 0 Å². The second-order valence-electron chi connectivity index (χ2n) is 7.04. The summed E-state index contributed by atoms with van der Waals surface area (Å²) in [4.78, 5) is 17.2. The molecule has 1 aromatic heterocycles. The first-order valence-electron chi connectivity index (χ1n) is 9.26. The zero-order valence-electron chi connectivity index (χ0n) is 15.1. The van der Waals surface area contributed by atoms with Crippen molar-refractivity contribution >= 4 is 40.1 Å². The smallest absolute Gasteiger partial charge is 0.223 e. The summed E-state index contributed by atoms with van der Waals surface area (Å²) in [5.74, 6) is 1.18. The Labute approximate surface area is 168 Å². The maximum Gasteiger partial charge on any atom is 0.223 e. The van der Waals surface area contributed by atoms with Gasteiger partial charge in [-0.15, -0.1) is 0 Å². The highest BCUT2D eigenvalue weighted by molar-refractivity contribution is 6.42. The van der Waals surface area contributed by atoms with Gasteiger partial charge < -0.3 is 9.88 Å². The third-order valence-electron chi connectivity index (χ3n) is 4.99. The zero-order chi connectivity index (χ0) is 19.0. The summed E-state index contributed by atoms with van der Waals surface area (Å²) in [7, 11) is 0. The van der Waals surface area contributed by atoms with Gasteiger partial charge in [0, 0.05) is 12.5 Å². The number of imidazole rings is 1. The van der Waals surface area contributed by atoms with Crippen LogP contribution in [-0.2, 0) is 11.3 Å². The maximum absolute atomic E-state index is 12.3. The molecule has 27 heavy (non-hydrogen) atoms. The number of hydrogen-bond acceptors (Lipinski definition) is 2. The molecule has 1 saturated carbocycles. The quantitative estimate of drug-likeness (QED) is 0.603. The predicted octanol–water partition coefficient (Wildman–Crippen LogP) is 5.37. The Morgan fingerprint density at radius 3 is 2.70 bits per heavy atom. The molecule has 4 nitrogen and oxygen atoms in total. The van der Waals surface area contributed by atoms with Gasteiger partial charge in [0.15, 0.2) is 0 Å². The van der Waals surface area contributed by atoms with Crippen molar-refractivity contribution in [3.8, 4) is 0 Å². The van der Waals surface area contributed by atoms with Crippen molar-refractivity contribution in [2.75, 3.05) is 0 Å². The van der Waals surface area contributed by atoms with Gasteiger partial charge in [0.2, 0.25) is 5.91 Å². The number of carbonyl (C=O) groups is 1. The van der Waals surface area contributed by atoms with Crippen molar-refractivity contribution in [1.29, 1.82) is 0 Å². The molecule has 0 saturated heterocycles. The van der Waals surface area contributed by atoms with Crippen LogP contribution in [0.4, 0.5) is 0 Å². The number of halogens is 2. The lowest BCUT2D eigenvalue weighted by Gasteiger charge is -2.19. The first-order valence-corrected chi connectivity index (χ1v) is 10.0. The average molecular weight is 402 g/mol. The van der Waals surface area contributed by atoms with Crippen molar-refractivity contribution in [1.82, 2.24) is 14.9 Å². The zero-order valence-corrected chi connectivity index (χ0v) is 16.6. The SMILES string of the molecule is CCC(NC(=O)C1CC1)c1nc2ccccc2n1Cc1ccc(Cl)c(Cl)c1. The minimum atomic E-state index is -0.117. The molecule has 0 spiro atoms. The van der Waals surface area contributed by atoms with Crippen LogP contribution >= 0.6 is 23.2 Å². The van der Waals surface area contributed by atoms with Crippen LogP contribution in [-0.4, -0.2) is 15.5 Å². The van der Waals surface area contributed by atoms with Crippen LogP contribution in [0.15, 0.2) is 42.5 Å². The molecule has 2 aromatic carbocycles. The van der Waals surface area contributed by atoms with E-state index in [0.717, 1.165) is 41.7 Å². The Bertz CT molecular complexity index is 994. The van der Waals surface area contributed by atoms with E-state index in [1.54, 1.807) is 0 Å². The highest BCUT2D eigenvalue weighted by atomic mass is 35.5. The van der Waals surface area contributed by atoms with Crippen LogP contribution in [0.2, 0.25) is 10.0 Å². The number of nitrogens with zero attached hydrogens (tertiary/aromatic N) is 2. The molecule has 1 atom stereocenters. The standard InChI is InChI=1S/C21H21Cl2N3O/c1-2-17(25-21(27)14-8-9-14)20-24-18-5-3-4-6-19(18)26(20)12-13-7-10-15(22)16(23)11-13/h3-7,10-11,14,17H,2,8-9,12H2,1H3,(H,25,27). The molecule has 1 N–H and O–H groups in total. The lowest BCUT2D eigenvalue weighted by Crippen LogP contribution is -2.31. The molecule has 0 radical (unpaired) electrons. The van der Waals surface area contributed by atoms with Gasteiger partial charge in [-0.2, -0.15) is 0 Å². The minimum absolute atomic E-state index is 0.117. The topological polar surface area (TPSA) is 46.9 Å².